The van der Waals surface area contributed by atoms with Crippen LogP contribution in [0.3, 0.4) is 0 Å². The molecule has 3 aromatic carbocycles. The average molecular weight is 440 g/mol. The van der Waals surface area contributed by atoms with Crippen molar-refractivity contribution in [3.8, 4) is 17.2 Å². The highest BCUT2D eigenvalue weighted by Crippen LogP contribution is 2.29. The fourth-order valence-corrected chi connectivity index (χ4v) is 3.24. The van der Waals surface area contributed by atoms with Gasteiger partial charge >= 0.3 is 6.03 Å². The van der Waals surface area contributed by atoms with Crippen LogP contribution < -0.4 is 25.8 Å². The molecular weight excluding hydrogens is 418 g/mol. The minimum Gasteiger partial charge on any atom is -0.495 e. The summed E-state index contributed by atoms with van der Waals surface area (Å²) in [6.45, 7) is 0. The molecule has 0 fully saturated rings. The van der Waals surface area contributed by atoms with Gasteiger partial charge in [-0.1, -0.05) is 41.9 Å². The quantitative estimate of drug-likeness (QED) is 0.465. The van der Waals surface area contributed by atoms with E-state index in [1.54, 1.807) is 42.5 Å². The van der Waals surface area contributed by atoms with E-state index in [-0.39, 0.29) is 12.3 Å². The lowest BCUT2D eigenvalue weighted by Crippen LogP contribution is -2.35. The summed E-state index contributed by atoms with van der Waals surface area (Å²) in [4.78, 5) is 24.1. The van der Waals surface area contributed by atoms with Gasteiger partial charge in [0.1, 0.15) is 17.2 Å². The number of hydrogen-bond acceptors (Lipinski definition) is 4. The third kappa shape index (κ3) is 6.38. The first-order valence-corrected chi connectivity index (χ1v) is 9.84. The Bertz CT molecular complexity index is 1060. The highest BCUT2D eigenvalue weighted by molar-refractivity contribution is 6.32. The zero-order chi connectivity index (χ0) is 22.2. The summed E-state index contributed by atoms with van der Waals surface area (Å²) in [7, 11) is 1.51. The number of hydrogen-bond donors (Lipinski definition) is 3. The van der Waals surface area contributed by atoms with Crippen LogP contribution in [0.2, 0.25) is 5.02 Å². The van der Waals surface area contributed by atoms with Crippen LogP contribution >= 0.6 is 11.6 Å². The highest BCUT2D eigenvalue weighted by Gasteiger charge is 2.19. The Balaban J connectivity index is 1.74. The second-order valence-electron chi connectivity index (χ2n) is 6.65. The maximum absolute atomic E-state index is 12.6. The van der Waals surface area contributed by atoms with E-state index in [0.717, 1.165) is 0 Å². The summed E-state index contributed by atoms with van der Waals surface area (Å²) in [5.74, 6) is 1.42. The van der Waals surface area contributed by atoms with Gasteiger partial charge < -0.3 is 25.8 Å². The molecule has 31 heavy (non-hydrogen) atoms. The van der Waals surface area contributed by atoms with Gasteiger partial charge in [0.15, 0.2) is 0 Å². The van der Waals surface area contributed by atoms with Gasteiger partial charge in [-0.2, -0.15) is 0 Å². The van der Waals surface area contributed by atoms with E-state index in [1.165, 1.54) is 7.11 Å². The van der Waals surface area contributed by atoms with Gasteiger partial charge in [0.2, 0.25) is 5.91 Å². The monoisotopic (exact) mass is 439 g/mol. The smallest absolute Gasteiger partial charge is 0.312 e. The second-order valence-corrected chi connectivity index (χ2v) is 7.06. The topological polar surface area (TPSA) is 103 Å². The molecular formula is C23H22ClN3O4. The van der Waals surface area contributed by atoms with Gasteiger partial charge in [-0.15, -0.1) is 0 Å². The van der Waals surface area contributed by atoms with Crippen molar-refractivity contribution in [2.75, 3.05) is 12.4 Å². The molecule has 0 aromatic heterocycles. The molecule has 1 atom stereocenters. The first kappa shape index (κ1) is 22.0. The van der Waals surface area contributed by atoms with E-state index >= 15 is 0 Å². The highest BCUT2D eigenvalue weighted by atomic mass is 35.5. The molecule has 0 bridgehead atoms. The van der Waals surface area contributed by atoms with Gasteiger partial charge in [-0.25, -0.2) is 4.79 Å². The van der Waals surface area contributed by atoms with E-state index in [0.29, 0.717) is 33.5 Å². The number of nitrogens with one attached hydrogen (secondary N) is 2. The standard InChI is InChI=1S/C23H22ClN3O4/c1-30-21-11-10-16(13-19(21)24)26-22(28)14-20(27-23(25)29)15-6-5-9-18(12-15)31-17-7-3-2-4-8-17/h2-13,20H,14H2,1H3,(H,26,28)(H3,25,27,29)/t20-/m1/s1. The van der Waals surface area contributed by atoms with E-state index < -0.39 is 12.1 Å². The summed E-state index contributed by atoms with van der Waals surface area (Å²) in [6.07, 6.45) is -0.0403. The number of primary amides is 1. The maximum Gasteiger partial charge on any atom is 0.312 e. The summed E-state index contributed by atoms with van der Waals surface area (Å²) in [5.41, 5.74) is 6.51. The lowest BCUT2D eigenvalue weighted by molar-refractivity contribution is -0.116. The number of halogens is 1. The number of amides is 3. The van der Waals surface area contributed by atoms with Gasteiger partial charge in [-0.05, 0) is 48.0 Å². The van der Waals surface area contributed by atoms with Crippen LogP contribution in [0.1, 0.15) is 18.0 Å². The number of carbonyl (C=O) groups is 2. The molecule has 4 N–H and O–H groups in total. The number of rotatable bonds is 8. The van der Waals surface area contributed by atoms with E-state index in [9.17, 15) is 9.59 Å². The third-order valence-corrected chi connectivity index (χ3v) is 4.68. The number of benzene rings is 3. The molecule has 3 amide bonds. The van der Waals surface area contributed by atoms with Crippen LogP contribution in [-0.4, -0.2) is 19.0 Å². The minimum atomic E-state index is -0.736. The number of carbonyl (C=O) groups excluding carboxylic acids is 2. The summed E-state index contributed by atoms with van der Waals surface area (Å²) in [5, 5.41) is 5.74. The number of ether oxygens (including phenoxy) is 2. The number of methoxy groups -OCH3 is 1. The van der Waals surface area contributed by atoms with Crippen LogP contribution in [-0.2, 0) is 4.79 Å². The molecule has 0 unspecified atom stereocenters. The summed E-state index contributed by atoms with van der Waals surface area (Å²) in [6, 6.07) is 19.9. The molecule has 3 aromatic rings. The van der Waals surface area contributed by atoms with E-state index in [1.807, 2.05) is 30.3 Å². The maximum atomic E-state index is 12.6. The Labute approximate surface area is 185 Å². The number of nitrogens with two attached hydrogens (primary N) is 1. The van der Waals surface area contributed by atoms with Crippen molar-refractivity contribution in [2.45, 2.75) is 12.5 Å². The van der Waals surface area contributed by atoms with Crippen LogP contribution in [0.15, 0.2) is 72.8 Å². The Hall–Kier alpha value is -3.71. The van der Waals surface area contributed by atoms with Crippen LogP contribution in [0, 0.1) is 0 Å². The molecule has 0 saturated carbocycles. The predicted molar refractivity (Wildman–Crippen MR) is 120 cm³/mol. The SMILES string of the molecule is COc1ccc(NC(=O)C[C@@H](NC(N)=O)c2cccc(Oc3ccccc3)c2)cc1Cl. The first-order valence-electron chi connectivity index (χ1n) is 9.47. The zero-order valence-corrected chi connectivity index (χ0v) is 17.6. The molecule has 0 radical (unpaired) electrons. The van der Waals surface area contributed by atoms with Crippen molar-refractivity contribution >= 4 is 29.2 Å². The lowest BCUT2D eigenvalue weighted by atomic mass is 10.0. The lowest BCUT2D eigenvalue weighted by Gasteiger charge is -2.19. The van der Waals surface area contributed by atoms with Crippen molar-refractivity contribution in [2.24, 2.45) is 5.73 Å². The molecule has 3 rings (SSSR count). The Morgan fingerprint density at radius 2 is 1.74 bits per heavy atom. The van der Waals surface area contributed by atoms with Crippen LogP contribution in [0.5, 0.6) is 17.2 Å². The first-order chi connectivity index (χ1) is 14.9. The number of anilines is 1. The fourth-order valence-electron chi connectivity index (χ4n) is 2.98. The largest absolute Gasteiger partial charge is 0.495 e. The predicted octanol–water partition coefficient (Wildman–Crippen LogP) is 4.88. The Kier molecular flexibility index (Phi) is 7.35. The van der Waals surface area contributed by atoms with Crippen molar-refractivity contribution in [3.63, 3.8) is 0 Å². The fraction of sp³-hybridized carbons (Fsp3) is 0.130. The normalized spacial score (nSPS) is 11.3. The Morgan fingerprint density at radius 3 is 2.42 bits per heavy atom. The summed E-state index contributed by atoms with van der Waals surface area (Å²) < 4.78 is 10.9. The van der Waals surface area contributed by atoms with Gasteiger partial charge in [0, 0.05) is 5.69 Å². The van der Waals surface area contributed by atoms with Crippen molar-refractivity contribution < 1.29 is 19.1 Å². The third-order valence-electron chi connectivity index (χ3n) is 4.38. The van der Waals surface area contributed by atoms with Crippen LogP contribution in [0.25, 0.3) is 0 Å². The average Bonchev–Trinajstić information content (AvgIpc) is 2.74. The molecule has 0 aliphatic carbocycles. The Morgan fingerprint density at radius 1 is 1.00 bits per heavy atom. The zero-order valence-electron chi connectivity index (χ0n) is 16.8. The van der Waals surface area contributed by atoms with E-state index in [2.05, 4.69) is 10.6 Å². The van der Waals surface area contributed by atoms with Gasteiger partial charge in [-0.3, -0.25) is 4.79 Å². The number of para-hydroxylation sites is 1. The van der Waals surface area contributed by atoms with Gasteiger partial charge in [0.05, 0.1) is 24.6 Å². The van der Waals surface area contributed by atoms with Crippen molar-refractivity contribution in [3.05, 3.63) is 83.4 Å². The molecule has 0 spiro atoms. The van der Waals surface area contributed by atoms with Crippen molar-refractivity contribution in [1.82, 2.24) is 5.32 Å². The second kappa shape index (κ2) is 10.4. The number of urea groups is 1. The van der Waals surface area contributed by atoms with Crippen LogP contribution in [0.4, 0.5) is 10.5 Å². The van der Waals surface area contributed by atoms with E-state index in [4.69, 9.17) is 26.8 Å². The minimum absolute atomic E-state index is 0.0403. The molecule has 8 heteroatoms. The summed E-state index contributed by atoms with van der Waals surface area (Å²) >= 11 is 6.10. The van der Waals surface area contributed by atoms with Crippen molar-refractivity contribution in [1.29, 1.82) is 0 Å². The molecule has 0 saturated heterocycles. The molecule has 0 aliphatic heterocycles. The molecule has 160 valence electrons. The molecule has 0 aliphatic rings. The molecule has 7 nitrogen and oxygen atoms in total. The molecule has 0 heterocycles. The van der Waals surface area contributed by atoms with Gasteiger partial charge in [0.25, 0.3) is 0 Å².